The topological polar surface area (TPSA) is 30.2 Å². The van der Waals surface area contributed by atoms with Crippen molar-refractivity contribution >= 4 is 22.6 Å². The molecule has 0 atom stereocenters. The first-order valence-corrected chi connectivity index (χ1v) is 9.56. The van der Waals surface area contributed by atoms with Gasteiger partial charge in [-0.3, -0.25) is 4.79 Å². The molecule has 3 nitrogen and oxygen atoms in total. The van der Waals surface area contributed by atoms with Gasteiger partial charge in [0, 0.05) is 22.2 Å². The molecular formula is C22H25ClNO2+. The molecule has 1 heterocycles. The second-order valence-corrected chi connectivity index (χ2v) is 7.20. The first kappa shape index (κ1) is 18.7. The third-order valence-electron chi connectivity index (χ3n) is 5.45. The van der Waals surface area contributed by atoms with E-state index in [9.17, 15) is 4.79 Å². The summed E-state index contributed by atoms with van der Waals surface area (Å²) in [6.45, 7) is 10.9. The Morgan fingerprint density at radius 3 is 2.19 bits per heavy atom. The lowest BCUT2D eigenvalue weighted by atomic mass is 10.1. The lowest BCUT2D eigenvalue weighted by molar-refractivity contribution is -0.936. The van der Waals surface area contributed by atoms with Crippen molar-refractivity contribution in [3.05, 3.63) is 69.3 Å². The second-order valence-electron chi connectivity index (χ2n) is 6.76. The zero-order valence-corrected chi connectivity index (χ0v) is 16.3. The molecule has 0 spiro atoms. The van der Waals surface area contributed by atoms with Gasteiger partial charge in [0.15, 0.2) is 5.43 Å². The Balaban J connectivity index is 2.05. The molecule has 2 aromatic carbocycles. The van der Waals surface area contributed by atoms with Crippen LogP contribution in [0.3, 0.4) is 0 Å². The first-order valence-electron chi connectivity index (χ1n) is 9.18. The zero-order valence-electron chi connectivity index (χ0n) is 15.6. The standard InChI is InChI=1S/C22H25ClNO2/c1-4-24(5-2,6-3)15-16-7-12-19-20(25)14-21(26-22(19)13-16)17-8-10-18(23)11-9-17/h7-14H,4-6,15H2,1-3H3/q+1. The maximum atomic E-state index is 12.5. The van der Waals surface area contributed by atoms with Gasteiger partial charge in [0.05, 0.1) is 25.0 Å². The molecule has 0 aliphatic rings. The fourth-order valence-electron chi connectivity index (χ4n) is 3.45. The molecule has 0 saturated carbocycles. The summed E-state index contributed by atoms with van der Waals surface area (Å²) in [6, 6.07) is 14.8. The highest BCUT2D eigenvalue weighted by Gasteiger charge is 2.21. The van der Waals surface area contributed by atoms with Crippen molar-refractivity contribution in [1.29, 1.82) is 0 Å². The molecule has 136 valence electrons. The maximum Gasteiger partial charge on any atom is 0.193 e. The highest BCUT2D eigenvalue weighted by molar-refractivity contribution is 6.30. The normalized spacial score (nSPS) is 11.8. The van der Waals surface area contributed by atoms with Crippen LogP contribution in [0.1, 0.15) is 26.3 Å². The smallest absolute Gasteiger partial charge is 0.193 e. The Labute approximate surface area is 159 Å². The molecule has 1 aromatic heterocycles. The summed E-state index contributed by atoms with van der Waals surface area (Å²) in [5.41, 5.74) is 2.66. The van der Waals surface area contributed by atoms with Crippen molar-refractivity contribution in [3.8, 4) is 11.3 Å². The first-order chi connectivity index (χ1) is 12.5. The minimum Gasteiger partial charge on any atom is -0.456 e. The second kappa shape index (κ2) is 7.65. The van der Waals surface area contributed by atoms with Crippen LogP contribution in [0.4, 0.5) is 0 Å². The summed E-state index contributed by atoms with van der Waals surface area (Å²) in [4.78, 5) is 12.5. The number of hydrogen-bond donors (Lipinski definition) is 0. The van der Waals surface area contributed by atoms with Gasteiger partial charge in [-0.15, -0.1) is 0 Å². The summed E-state index contributed by atoms with van der Waals surface area (Å²) in [5, 5.41) is 1.28. The average Bonchev–Trinajstić information content (AvgIpc) is 2.66. The van der Waals surface area contributed by atoms with Gasteiger partial charge in [0.25, 0.3) is 0 Å². The number of quaternary nitrogens is 1. The predicted octanol–water partition coefficient (Wildman–Crippen LogP) is 5.49. The number of fused-ring (bicyclic) bond motifs is 1. The Hall–Kier alpha value is -2.10. The maximum absolute atomic E-state index is 12.5. The number of halogens is 1. The summed E-state index contributed by atoms with van der Waals surface area (Å²) in [7, 11) is 0. The number of benzene rings is 2. The van der Waals surface area contributed by atoms with Crippen LogP contribution in [0.15, 0.2) is 57.7 Å². The van der Waals surface area contributed by atoms with Crippen molar-refractivity contribution < 1.29 is 8.90 Å². The van der Waals surface area contributed by atoms with Gasteiger partial charge in [-0.05, 0) is 57.2 Å². The Morgan fingerprint density at radius 1 is 0.923 bits per heavy atom. The average molecular weight is 371 g/mol. The summed E-state index contributed by atoms with van der Waals surface area (Å²) in [6.07, 6.45) is 0. The third kappa shape index (κ3) is 3.69. The van der Waals surface area contributed by atoms with Crippen molar-refractivity contribution in [2.24, 2.45) is 0 Å². The molecule has 3 rings (SSSR count). The van der Waals surface area contributed by atoms with E-state index >= 15 is 0 Å². The van der Waals surface area contributed by atoms with Gasteiger partial charge < -0.3 is 8.90 Å². The minimum absolute atomic E-state index is 0.0232. The van der Waals surface area contributed by atoms with Gasteiger partial charge in [0.2, 0.25) is 0 Å². The molecule has 3 aromatic rings. The molecule has 26 heavy (non-hydrogen) atoms. The van der Waals surface area contributed by atoms with Crippen molar-refractivity contribution in [3.63, 3.8) is 0 Å². The largest absolute Gasteiger partial charge is 0.456 e. The Bertz CT molecular complexity index is 948. The van der Waals surface area contributed by atoms with Crippen molar-refractivity contribution in [1.82, 2.24) is 0 Å². The van der Waals surface area contributed by atoms with E-state index in [1.165, 1.54) is 5.56 Å². The molecule has 0 aliphatic heterocycles. The van der Waals surface area contributed by atoms with Gasteiger partial charge in [0.1, 0.15) is 17.9 Å². The third-order valence-corrected chi connectivity index (χ3v) is 5.70. The van der Waals surface area contributed by atoms with Crippen LogP contribution in [0, 0.1) is 0 Å². The van der Waals surface area contributed by atoms with Crippen molar-refractivity contribution in [2.75, 3.05) is 19.6 Å². The molecule has 0 fully saturated rings. The fraction of sp³-hybridized carbons (Fsp3) is 0.318. The zero-order chi connectivity index (χ0) is 18.7. The highest BCUT2D eigenvalue weighted by atomic mass is 35.5. The van der Waals surface area contributed by atoms with Crippen LogP contribution in [-0.2, 0) is 6.54 Å². The predicted molar refractivity (Wildman–Crippen MR) is 109 cm³/mol. The van der Waals surface area contributed by atoms with E-state index in [1.54, 1.807) is 18.2 Å². The van der Waals surface area contributed by atoms with Gasteiger partial charge in [-0.2, -0.15) is 0 Å². The highest BCUT2D eigenvalue weighted by Crippen LogP contribution is 2.25. The monoisotopic (exact) mass is 370 g/mol. The van der Waals surface area contributed by atoms with Crippen LogP contribution in [0.2, 0.25) is 5.02 Å². The van der Waals surface area contributed by atoms with Gasteiger partial charge in [-0.25, -0.2) is 0 Å². The van der Waals surface area contributed by atoms with E-state index < -0.39 is 0 Å². The van der Waals surface area contributed by atoms with E-state index in [4.69, 9.17) is 16.0 Å². The SMILES string of the molecule is CC[N+](CC)(CC)Cc1ccc2c(=O)cc(-c3ccc(Cl)cc3)oc2c1. The van der Waals surface area contributed by atoms with Gasteiger partial charge in [-0.1, -0.05) is 17.7 Å². The Morgan fingerprint density at radius 2 is 1.58 bits per heavy atom. The van der Waals surface area contributed by atoms with Crippen LogP contribution in [-0.4, -0.2) is 24.1 Å². The molecular weight excluding hydrogens is 346 g/mol. The summed E-state index contributed by atoms with van der Waals surface area (Å²) < 4.78 is 7.10. The summed E-state index contributed by atoms with van der Waals surface area (Å²) in [5.74, 6) is 0.568. The van der Waals surface area contributed by atoms with E-state index in [0.717, 1.165) is 36.2 Å². The number of rotatable bonds is 6. The minimum atomic E-state index is -0.0232. The molecule has 0 amide bonds. The lowest BCUT2D eigenvalue weighted by Gasteiger charge is -2.35. The molecule has 0 radical (unpaired) electrons. The molecule has 4 heteroatoms. The van der Waals surface area contributed by atoms with E-state index in [-0.39, 0.29) is 5.43 Å². The molecule has 0 saturated heterocycles. The molecule has 0 aliphatic carbocycles. The van der Waals surface area contributed by atoms with Crippen LogP contribution >= 0.6 is 11.6 Å². The van der Waals surface area contributed by atoms with Crippen LogP contribution < -0.4 is 5.43 Å². The van der Waals surface area contributed by atoms with Crippen molar-refractivity contribution in [2.45, 2.75) is 27.3 Å². The van der Waals surface area contributed by atoms with Crippen LogP contribution in [0.25, 0.3) is 22.3 Å². The van der Waals surface area contributed by atoms with Crippen LogP contribution in [0.5, 0.6) is 0 Å². The number of nitrogens with zero attached hydrogens (tertiary/aromatic N) is 1. The molecule has 0 bridgehead atoms. The molecule has 0 N–H and O–H groups in total. The van der Waals surface area contributed by atoms with E-state index in [0.29, 0.717) is 21.8 Å². The van der Waals surface area contributed by atoms with E-state index in [2.05, 4.69) is 26.8 Å². The lowest BCUT2D eigenvalue weighted by Crippen LogP contribution is -2.46. The van der Waals surface area contributed by atoms with E-state index in [1.807, 2.05) is 24.3 Å². The fourth-order valence-corrected chi connectivity index (χ4v) is 3.57. The quantitative estimate of drug-likeness (QED) is 0.537. The summed E-state index contributed by atoms with van der Waals surface area (Å²) >= 11 is 5.95. The van der Waals surface area contributed by atoms with Gasteiger partial charge >= 0.3 is 0 Å². The Kier molecular flexibility index (Phi) is 5.49. The number of hydrogen-bond acceptors (Lipinski definition) is 2. The molecule has 0 unspecified atom stereocenters.